The van der Waals surface area contributed by atoms with E-state index >= 15 is 0 Å². The molecule has 128 valence electrons. The first-order chi connectivity index (χ1) is 10.7. The Hall–Kier alpha value is -1.47. The molecule has 1 fully saturated rings. The van der Waals surface area contributed by atoms with Gasteiger partial charge >= 0.3 is 6.18 Å². The predicted octanol–water partition coefficient (Wildman–Crippen LogP) is 3.74. The molecule has 23 heavy (non-hydrogen) atoms. The van der Waals surface area contributed by atoms with Crippen molar-refractivity contribution in [2.24, 2.45) is 11.7 Å². The lowest BCUT2D eigenvalue weighted by atomic mass is 9.85. The maximum absolute atomic E-state index is 12.3. The van der Waals surface area contributed by atoms with Crippen LogP contribution in [0.1, 0.15) is 25.7 Å². The number of nitrogens with two attached hydrogens (primary N) is 1. The number of hydrogen-bond donors (Lipinski definition) is 2. The lowest BCUT2D eigenvalue weighted by Gasteiger charge is -2.26. The van der Waals surface area contributed by atoms with Crippen molar-refractivity contribution < 1.29 is 22.7 Å². The molecule has 0 spiro atoms. The van der Waals surface area contributed by atoms with Crippen LogP contribution in [0, 0.1) is 5.92 Å². The summed E-state index contributed by atoms with van der Waals surface area (Å²) in [4.78, 5) is 12.3. The number of amides is 1. The van der Waals surface area contributed by atoms with Crippen molar-refractivity contribution >= 4 is 23.2 Å². The number of halogens is 4. The molecule has 2 unspecified atom stereocenters. The Morgan fingerprint density at radius 2 is 2.13 bits per heavy atom. The molecule has 0 saturated heterocycles. The van der Waals surface area contributed by atoms with Crippen molar-refractivity contribution in [1.29, 1.82) is 0 Å². The summed E-state index contributed by atoms with van der Waals surface area (Å²) in [6, 6.07) is 4.12. The number of rotatable bonds is 4. The quantitative estimate of drug-likeness (QED) is 0.869. The van der Waals surface area contributed by atoms with Gasteiger partial charge in [-0.25, -0.2) is 0 Å². The molecule has 1 aromatic rings. The SMILES string of the molecule is NC1CCCC(C(=O)Nc2ccc(Cl)cc2OCC(F)(F)F)C1. The zero-order chi connectivity index (χ0) is 17.0. The van der Waals surface area contributed by atoms with Crippen LogP contribution in [0.4, 0.5) is 18.9 Å². The molecule has 2 rings (SSSR count). The second-order valence-electron chi connectivity index (χ2n) is 5.66. The van der Waals surface area contributed by atoms with E-state index in [9.17, 15) is 18.0 Å². The monoisotopic (exact) mass is 350 g/mol. The lowest BCUT2D eigenvalue weighted by Crippen LogP contribution is -2.34. The van der Waals surface area contributed by atoms with Gasteiger partial charge in [0.05, 0.1) is 5.69 Å². The molecule has 1 aliphatic carbocycles. The van der Waals surface area contributed by atoms with Gasteiger partial charge in [0.15, 0.2) is 6.61 Å². The first-order valence-corrected chi connectivity index (χ1v) is 7.68. The van der Waals surface area contributed by atoms with Crippen LogP contribution in [0.3, 0.4) is 0 Å². The molecule has 0 aliphatic heterocycles. The van der Waals surface area contributed by atoms with Crippen LogP contribution in [-0.4, -0.2) is 24.7 Å². The molecule has 0 heterocycles. The molecule has 1 aliphatic rings. The van der Waals surface area contributed by atoms with E-state index in [2.05, 4.69) is 5.32 Å². The van der Waals surface area contributed by atoms with Crippen molar-refractivity contribution in [3.63, 3.8) is 0 Å². The number of anilines is 1. The summed E-state index contributed by atoms with van der Waals surface area (Å²) in [6.07, 6.45) is -1.45. The van der Waals surface area contributed by atoms with Gasteiger partial charge in [0, 0.05) is 23.0 Å². The van der Waals surface area contributed by atoms with Gasteiger partial charge in [0.1, 0.15) is 5.75 Å². The lowest BCUT2D eigenvalue weighted by molar-refractivity contribution is -0.153. The number of alkyl halides is 3. The summed E-state index contributed by atoms with van der Waals surface area (Å²) in [5, 5.41) is 2.84. The highest BCUT2D eigenvalue weighted by Gasteiger charge is 2.30. The molecule has 3 N–H and O–H groups in total. The summed E-state index contributed by atoms with van der Waals surface area (Å²) >= 11 is 5.78. The van der Waals surface area contributed by atoms with Crippen molar-refractivity contribution in [3.8, 4) is 5.75 Å². The first-order valence-electron chi connectivity index (χ1n) is 7.30. The molecule has 0 aromatic heterocycles. The third-order valence-corrected chi connectivity index (χ3v) is 3.91. The second kappa shape index (κ2) is 7.40. The van der Waals surface area contributed by atoms with Crippen molar-refractivity contribution in [3.05, 3.63) is 23.2 Å². The Bertz CT molecular complexity index is 566. The molecule has 4 nitrogen and oxygen atoms in total. The summed E-state index contributed by atoms with van der Waals surface area (Å²) in [7, 11) is 0. The van der Waals surface area contributed by atoms with Gasteiger partial charge in [-0.2, -0.15) is 13.2 Å². The molecule has 8 heteroatoms. The van der Waals surface area contributed by atoms with Crippen LogP contribution in [0.5, 0.6) is 5.75 Å². The number of carbonyl (C=O) groups is 1. The Labute approximate surface area is 137 Å². The fraction of sp³-hybridized carbons (Fsp3) is 0.533. The average molecular weight is 351 g/mol. The zero-order valence-electron chi connectivity index (χ0n) is 12.3. The minimum Gasteiger partial charge on any atom is -0.482 e. The van der Waals surface area contributed by atoms with Gasteiger partial charge in [-0.1, -0.05) is 18.0 Å². The number of ether oxygens (including phenoxy) is 1. The number of carbonyl (C=O) groups excluding carboxylic acids is 1. The Balaban J connectivity index is 2.07. The maximum Gasteiger partial charge on any atom is 0.422 e. The van der Waals surface area contributed by atoms with Crippen LogP contribution >= 0.6 is 11.6 Å². The average Bonchev–Trinajstić information content (AvgIpc) is 2.46. The van der Waals surface area contributed by atoms with Crippen LogP contribution in [-0.2, 0) is 4.79 Å². The molecule has 1 aromatic carbocycles. The van der Waals surface area contributed by atoms with E-state index < -0.39 is 12.8 Å². The number of benzene rings is 1. The smallest absolute Gasteiger partial charge is 0.422 e. The number of nitrogens with one attached hydrogen (secondary N) is 1. The van der Waals surface area contributed by atoms with Gasteiger partial charge in [-0.3, -0.25) is 4.79 Å². The normalized spacial score (nSPS) is 21.8. The van der Waals surface area contributed by atoms with Crippen molar-refractivity contribution in [2.75, 3.05) is 11.9 Å². The van der Waals surface area contributed by atoms with Crippen LogP contribution in [0.15, 0.2) is 18.2 Å². The fourth-order valence-electron chi connectivity index (χ4n) is 2.58. The highest BCUT2D eigenvalue weighted by atomic mass is 35.5. The molecule has 0 radical (unpaired) electrons. The van der Waals surface area contributed by atoms with Crippen LogP contribution < -0.4 is 15.8 Å². The van der Waals surface area contributed by atoms with E-state index in [-0.39, 0.29) is 34.3 Å². The van der Waals surface area contributed by atoms with Gasteiger partial charge in [0.25, 0.3) is 0 Å². The predicted molar refractivity (Wildman–Crippen MR) is 81.6 cm³/mol. The topological polar surface area (TPSA) is 64.4 Å². The third kappa shape index (κ3) is 5.58. The zero-order valence-corrected chi connectivity index (χ0v) is 13.1. The maximum atomic E-state index is 12.3. The molecule has 0 bridgehead atoms. The van der Waals surface area contributed by atoms with Gasteiger partial charge in [-0.15, -0.1) is 0 Å². The van der Waals surface area contributed by atoms with E-state index in [1.54, 1.807) is 0 Å². The van der Waals surface area contributed by atoms with E-state index in [1.165, 1.54) is 18.2 Å². The summed E-state index contributed by atoms with van der Waals surface area (Å²) in [6.45, 7) is -1.45. The minimum atomic E-state index is -4.47. The van der Waals surface area contributed by atoms with Crippen molar-refractivity contribution in [2.45, 2.75) is 37.9 Å². The van der Waals surface area contributed by atoms with E-state index in [4.69, 9.17) is 22.1 Å². The molecular weight excluding hydrogens is 333 g/mol. The van der Waals surface area contributed by atoms with Crippen LogP contribution in [0.25, 0.3) is 0 Å². The highest BCUT2D eigenvalue weighted by Crippen LogP contribution is 2.31. The standard InChI is InChI=1S/C15H18ClF3N2O2/c16-10-4-5-12(13(7-10)23-8-15(17,18)19)21-14(22)9-2-1-3-11(20)6-9/h4-5,7,9,11H,1-3,6,8,20H2,(H,21,22). The summed E-state index contributed by atoms with van der Waals surface area (Å²) < 4.78 is 41.7. The van der Waals surface area contributed by atoms with Gasteiger partial charge in [0.2, 0.25) is 5.91 Å². The molecule has 1 amide bonds. The van der Waals surface area contributed by atoms with Gasteiger partial charge in [-0.05, 0) is 31.4 Å². The minimum absolute atomic E-state index is 0.0225. The van der Waals surface area contributed by atoms with Crippen LogP contribution in [0.2, 0.25) is 5.02 Å². The summed E-state index contributed by atoms with van der Waals surface area (Å²) in [5.74, 6) is -0.618. The Morgan fingerprint density at radius 3 is 2.78 bits per heavy atom. The number of hydrogen-bond acceptors (Lipinski definition) is 3. The first kappa shape index (κ1) is 17.9. The molecule has 2 atom stereocenters. The Kier molecular flexibility index (Phi) is 5.75. The van der Waals surface area contributed by atoms with E-state index in [0.717, 1.165) is 12.8 Å². The summed E-state index contributed by atoms with van der Waals surface area (Å²) in [5.41, 5.74) is 6.02. The third-order valence-electron chi connectivity index (χ3n) is 3.68. The van der Waals surface area contributed by atoms with Gasteiger partial charge < -0.3 is 15.8 Å². The second-order valence-corrected chi connectivity index (χ2v) is 6.09. The highest BCUT2D eigenvalue weighted by molar-refractivity contribution is 6.30. The largest absolute Gasteiger partial charge is 0.482 e. The fourth-order valence-corrected chi connectivity index (χ4v) is 2.74. The molecular formula is C15H18ClF3N2O2. The van der Waals surface area contributed by atoms with Crippen molar-refractivity contribution in [1.82, 2.24) is 0 Å². The van der Waals surface area contributed by atoms with E-state index in [1.807, 2.05) is 0 Å². The van der Waals surface area contributed by atoms with E-state index in [0.29, 0.717) is 12.8 Å². The molecule has 1 saturated carbocycles. The Morgan fingerprint density at radius 1 is 1.39 bits per heavy atom.